The first-order valence-corrected chi connectivity index (χ1v) is 8.05. The number of hydrogen-bond donors (Lipinski definition) is 0. The third kappa shape index (κ3) is 8.45. The minimum atomic E-state index is -0.466. The Hall–Kier alpha value is -1.75. The molecule has 5 heteroatoms. The van der Waals surface area contributed by atoms with Crippen LogP contribution in [0.2, 0.25) is 0 Å². The van der Waals surface area contributed by atoms with Gasteiger partial charge in [0.1, 0.15) is 18.0 Å². The van der Waals surface area contributed by atoms with Crippen LogP contribution in [0.1, 0.15) is 33.3 Å². The molecule has 1 aromatic carbocycles. The van der Waals surface area contributed by atoms with E-state index < -0.39 is 5.60 Å². The predicted molar refractivity (Wildman–Crippen MR) is 91.0 cm³/mol. The van der Waals surface area contributed by atoms with Gasteiger partial charge in [-0.05, 0) is 51.8 Å². The van der Waals surface area contributed by atoms with Gasteiger partial charge in [-0.3, -0.25) is 0 Å². The molecule has 130 valence electrons. The molecule has 0 N–H and O–H groups in total. The molecule has 0 bridgehead atoms. The van der Waals surface area contributed by atoms with Crippen molar-refractivity contribution in [2.75, 3.05) is 33.4 Å². The van der Waals surface area contributed by atoms with E-state index in [4.69, 9.17) is 14.2 Å². The Balaban J connectivity index is 2.36. The van der Waals surface area contributed by atoms with Gasteiger partial charge < -0.3 is 19.1 Å². The number of hydrogen-bond acceptors (Lipinski definition) is 4. The van der Waals surface area contributed by atoms with Gasteiger partial charge in [-0.1, -0.05) is 12.1 Å². The summed E-state index contributed by atoms with van der Waals surface area (Å²) in [5, 5.41) is 0. The molecular weight excluding hydrogens is 294 g/mol. The molecule has 1 aromatic rings. The monoisotopic (exact) mass is 323 g/mol. The summed E-state index contributed by atoms with van der Waals surface area (Å²) in [5.74, 6) is 0.828. The van der Waals surface area contributed by atoms with Gasteiger partial charge in [-0.25, -0.2) is 4.79 Å². The van der Waals surface area contributed by atoms with Gasteiger partial charge in [-0.15, -0.1) is 0 Å². The number of likely N-dealkylation sites (N-methyl/N-ethyl adjacent to an activating group) is 1. The number of ether oxygens (including phenoxy) is 3. The zero-order valence-corrected chi connectivity index (χ0v) is 14.9. The van der Waals surface area contributed by atoms with E-state index in [-0.39, 0.29) is 6.09 Å². The third-order valence-corrected chi connectivity index (χ3v) is 3.06. The molecule has 0 saturated carbocycles. The molecule has 0 unspecified atom stereocenters. The third-order valence-electron chi connectivity index (χ3n) is 3.06. The zero-order chi connectivity index (χ0) is 17.3. The van der Waals surface area contributed by atoms with Crippen LogP contribution in [0.3, 0.4) is 0 Å². The average molecular weight is 323 g/mol. The number of carbonyl (C=O) groups excluding carboxylic acids is 1. The lowest BCUT2D eigenvalue weighted by Crippen LogP contribution is -2.35. The second kappa shape index (κ2) is 9.40. The van der Waals surface area contributed by atoms with Crippen LogP contribution < -0.4 is 4.74 Å². The van der Waals surface area contributed by atoms with Crippen molar-refractivity contribution < 1.29 is 19.0 Å². The van der Waals surface area contributed by atoms with Crippen molar-refractivity contribution in [3.8, 4) is 5.75 Å². The van der Waals surface area contributed by atoms with E-state index >= 15 is 0 Å². The average Bonchev–Trinajstić information content (AvgIpc) is 2.48. The molecule has 5 nitrogen and oxygen atoms in total. The second-order valence-corrected chi connectivity index (χ2v) is 6.34. The quantitative estimate of drug-likeness (QED) is 0.687. The molecule has 23 heavy (non-hydrogen) atoms. The van der Waals surface area contributed by atoms with Crippen LogP contribution in [0.15, 0.2) is 24.3 Å². The minimum absolute atomic E-state index is 0.298. The van der Waals surface area contributed by atoms with E-state index in [0.717, 1.165) is 17.7 Å². The summed E-state index contributed by atoms with van der Waals surface area (Å²) in [6.45, 7) is 10.0. The molecule has 1 amide bonds. The number of amides is 1. The number of benzene rings is 1. The maximum absolute atomic E-state index is 11.9. The van der Waals surface area contributed by atoms with E-state index in [9.17, 15) is 4.79 Å². The van der Waals surface area contributed by atoms with Gasteiger partial charge in [-0.2, -0.15) is 0 Å². The van der Waals surface area contributed by atoms with E-state index in [2.05, 4.69) is 0 Å². The van der Waals surface area contributed by atoms with Crippen LogP contribution >= 0.6 is 0 Å². The van der Waals surface area contributed by atoms with Crippen molar-refractivity contribution in [3.63, 3.8) is 0 Å². The molecule has 0 spiro atoms. The molecule has 0 fully saturated rings. The first-order chi connectivity index (χ1) is 10.8. The molecule has 0 aromatic heterocycles. The molecule has 0 aliphatic rings. The summed E-state index contributed by atoms with van der Waals surface area (Å²) in [5.41, 5.74) is 0.684. The number of rotatable bonds is 8. The molecular formula is C18H29NO4. The van der Waals surface area contributed by atoms with Crippen molar-refractivity contribution in [3.05, 3.63) is 29.8 Å². The maximum atomic E-state index is 11.9. The molecule has 0 aliphatic heterocycles. The Bertz CT molecular complexity index is 465. The van der Waals surface area contributed by atoms with Crippen LogP contribution in [0.5, 0.6) is 5.75 Å². The molecule has 0 aliphatic carbocycles. The summed E-state index contributed by atoms with van der Waals surface area (Å²) in [6.07, 6.45) is 0.475. The molecule has 0 atom stereocenters. The number of nitrogens with zero attached hydrogens (tertiary/aromatic N) is 1. The van der Waals surface area contributed by atoms with Crippen LogP contribution in [0, 0.1) is 0 Å². The van der Waals surface area contributed by atoms with Crippen LogP contribution in [-0.4, -0.2) is 50.0 Å². The molecule has 0 saturated heterocycles. The van der Waals surface area contributed by atoms with Gasteiger partial charge in [0.2, 0.25) is 0 Å². The normalized spacial score (nSPS) is 11.2. The Morgan fingerprint density at radius 1 is 1.13 bits per heavy atom. The maximum Gasteiger partial charge on any atom is 0.410 e. The van der Waals surface area contributed by atoms with Gasteiger partial charge >= 0.3 is 6.09 Å². The summed E-state index contributed by atoms with van der Waals surface area (Å²) < 4.78 is 16.1. The molecule has 0 heterocycles. The highest BCUT2D eigenvalue weighted by atomic mass is 16.6. The minimum Gasteiger partial charge on any atom is -0.491 e. The van der Waals surface area contributed by atoms with E-state index in [1.165, 1.54) is 0 Å². The largest absolute Gasteiger partial charge is 0.491 e. The van der Waals surface area contributed by atoms with Gasteiger partial charge in [0.15, 0.2) is 0 Å². The van der Waals surface area contributed by atoms with Gasteiger partial charge in [0.25, 0.3) is 0 Å². The Morgan fingerprint density at radius 2 is 1.78 bits per heavy atom. The van der Waals surface area contributed by atoms with Crippen molar-refractivity contribution in [1.82, 2.24) is 4.90 Å². The zero-order valence-electron chi connectivity index (χ0n) is 14.9. The van der Waals surface area contributed by atoms with Crippen molar-refractivity contribution in [2.24, 2.45) is 0 Å². The number of carbonyl (C=O) groups is 1. The molecule has 0 radical (unpaired) electrons. The van der Waals surface area contributed by atoms with Crippen LogP contribution in [-0.2, 0) is 15.9 Å². The first kappa shape index (κ1) is 19.3. The SMILES string of the molecule is CCOCCOc1ccc(CCN(C)C(=O)OC(C)(C)C)cc1. The highest BCUT2D eigenvalue weighted by Gasteiger charge is 2.19. The summed E-state index contributed by atoms with van der Waals surface area (Å²) in [7, 11) is 1.75. The highest BCUT2D eigenvalue weighted by molar-refractivity contribution is 5.67. The Labute approximate surface area is 139 Å². The van der Waals surface area contributed by atoms with Crippen LogP contribution in [0.4, 0.5) is 4.79 Å². The van der Waals surface area contributed by atoms with Gasteiger partial charge in [0, 0.05) is 20.2 Å². The summed E-state index contributed by atoms with van der Waals surface area (Å²) >= 11 is 0. The fourth-order valence-electron chi connectivity index (χ4n) is 1.84. The highest BCUT2D eigenvalue weighted by Crippen LogP contribution is 2.13. The van der Waals surface area contributed by atoms with Crippen molar-refractivity contribution >= 4 is 6.09 Å². The lowest BCUT2D eigenvalue weighted by molar-refractivity contribution is 0.0301. The standard InChI is InChI=1S/C18H29NO4/c1-6-21-13-14-22-16-9-7-15(8-10-16)11-12-19(5)17(20)23-18(2,3)4/h7-10H,6,11-14H2,1-5H3. The van der Waals surface area contributed by atoms with Crippen molar-refractivity contribution in [2.45, 2.75) is 39.7 Å². The first-order valence-electron chi connectivity index (χ1n) is 8.05. The fraction of sp³-hybridized carbons (Fsp3) is 0.611. The second-order valence-electron chi connectivity index (χ2n) is 6.34. The predicted octanol–water partition coefficient (Wildman–Crippen LogP) is 3.51. The van der Waals surface area contributed by atoms with Gasteiger partial charge in [0.05, 0.1) is 6.61 Å². The van der Waals surface area contributed by atoms with Crippen LogP contribution in [0.25, 0.3) is 0 Å². The topological polar surface area (TPSA) is 48.0 Å². The van der Waals surface area contributed by atoms with E-state index in [1.807, 2.05) is 52.0 Å². The summed E-state index contributed by atoms with van der Waals surface area (Å²) in [6, 6.07) is 7.90. The fourth-order valence-corrected chi connectivity index (χ4v) is 1.84. The smallest absolute Gasteiger partial charge is 0.410 e. The molecule has 1 rings (SSSR count). The summed E-state index contributed by atoms with van der Waals surface area (Å²) in [4.78, 5) is 13.5. The lowest BCUT2D eigenvalue weighted by atomic mass is 10.1. The van der Waals surface area contributed by atoms with E-state index in [1.54, 1.807) is 11.9 Å². The lowest BCUT2D eigenvalue weighted by Gasteiger charge is -2.24. The Morgan fingerprint density at radius 3 is 2.35 bits per heavy atom. The van der Waals surface area contributed by atoms with Crippen molar-refractivity contribution in [1.29, 1.82) is 0 Å². The Kier molecular flexibility index (Phi) is 7.89. The van der Waals surface area contributed by atoms with E-state index in [0.29, 0.717) is 26.4 Å².